The first-order valence-corrected chi connectivity index (χ1v) is 5.39. The second kappa shape index (κ2) is 5.49. The summed E-state index contributed by atoms with van der Waals surface area (Å²) in [6, 6.07) is -0.630. The smallest absolute Gasteiger partial charge is 0.238 e. The van der Waals surface area contributed by atoms with Crippen LogP contribution in [0.15, 0.2) is 5.38 Å². The van der Waals surface area contributed by atoms with Crippen molar-refractivity contribution in [3.63, 3.8) is 0 Å². The summed E-state index contributed by atoms with van der Waals surface area (Å²) in [5.74, 6) is 2.11. The average molecular weight is 223 g/mol. The van der Waals surface area contributed by atoms with E-state index in [1.165, 1.54) is 0 Å². The van der Waals surface area contributed by atoms with Crippen molar-refractivity contribution in [3.05, 3.63) is 16.1 Å². The molecule has 1 amide bonds. The Labute approximate surface area is 92.9 Å². The number of carbonyl (C=O) groups excluding carboxylic acids is 1. The molecule has 0 radical (unpaired) electrons. The van der Waals surface area contributed by atoms with Crippen molar-refractivity contribution < 1.29 is 4.79 Å². The monoisotopic (exact) mass is 223 g/mol. The normalized spacial score (nSPS) is 11.8. The lowest BCUT2D eigenvalue weighted by atomic mass is 10.2. The third-order valence-corrected chi connectivity index (χ3v) is 2.61. The van der Waals surface area contributed by atoms with Gasteiger partial charge in [0.05, 0.1) is 23.3 Å². The Kier molecular flexibility index (Phi) is 4.28. The van der Waals surface area contributed by atoms with Crippen LogP contribution in [0.4, 0.5) is 0 Å². The summed E-state index contributed by atoms with van der Waals surface area (Å²) in [5, 5.41) is 5.57. The van der Waals surface area contributed by atoms with Gasteiger partial charge in [-0.15, -0.1) is 23.7 Å². The van der Waals surface area contributed by atoms with Crippen LogP contribution in [0.1, 0.15) is 17.1 Å². The van der Waals surface area contributed by atoms with Gasteiger partial charge >= 0.3 is 0 Å². The van der Waals surface area contributed by atoms with Crippen LogP contribution in [0, 0.1) is 19.3 Å². The zero-order valence-electron chi connectivity index (χ0n) is 8.49. The van der Waals surface area contributed by atoms with E-state index in [2.05, 4.69) is 16.2 Å². The summed E-state index contributed by atoms with van der Waals surface area (Å²) in [6.07, 6.45) is 5.31. The highest BCUT2D eigenvalue weighted by Gasteiger charge is 2.11. The van der Waals surface area contributed by atoms with E-state index in [1.54, 1.807) is 11.3 Å². The third kappa shape index (κ3) is 3.70. The number of thiazole rings is 1. The second-order valence-corrected chi connectivity index (χ2v) is 4.15. The van der Waals surface area contributed by atoms with Crippen LogP contribution in [0.25, 0.3) is 0 Å². The molecule has 1 unspecified atom stereocenters. The maximum absolute atomic E-state index is 11.4. The summed E-state index contributed by atoms with van der Waals surface area (Å²) in [5.41, 5.74) is 6.37. The second-order valence-electron chi connectivity index (χ2n) is 3.09. The fraction of sp³-hybridized carbons (Fsp3) is 0.400. The Hall–Kier alpha value is -1.38. The molecule has 0 fully saturated rings. The standard InChI is InChI=1S/C10H13N3OS/c1-3-4-9(11)10(14)12-5-8-6-15-7(2)13-8/h1,6,9H,4-5,11H2,2H3,(H,12,14). The van der Waals surface area contributed by atoms with E-state index in [0.717, 1.165) is 10.7 Å². The molecule has 5 heteroatoms. The summed E-state index contributed by atoms with van der Waals surface area (Å²) in [7, 11) is 0. The Balaban J connectivity index is 2.38. The van der Waals surface area contributed by atoms with E-state index >= 15 is 0 Å². The van der Waals surface area contributed by atoms with Crippen LogP contribution < -0.4 is 11.1 Å². The minimum absolute atomic E-state index is 0.237. The first-order chi connectivity index (χ1) is 7.13. The highest BCUT2D eigenvalue weighted by molar-refractivity contribution is 7.09. The van der Waals surface area contributed by atoms with Gasteiger partial charge in [-0.1, -0.05) is 0 Å². The summed E-state index contributed by atoms with van der Waals surface area (Å²) < 4.78 is 0. The molecule has 1 aromatic rings. The molecule has 4 nitrogen and oxygen atoms in total. The molecule has 1 heterocycles. The predicted octanol–water partition coefficient (Wildman–Crippen LogP) is 0.418. The van der Waals surface area contributed by atoms with Crippen LogP contribution in [0.2, 0.25) is 0 Å². The number of hydrogen-bond acceptors (Lipinski definition) is 4. The van der Waals surface area contributed by atoms with Crippen LogP contribution in [-0.2, 0) is 11.3 Å². The van der Waals surface area contributed by atoms with Gasteiger partial charge in [0.2, 0.25) is 5.91 Å². The van der Waals surface area contributed by atoms with E-state index in [-0.39, 0.29) is 12.3 Å². The lowest BCUT2D eigenvalue weighted by Gasteiger charge is -2.07. The molecule has 80 valence electrons. The molecule has 0 aliphatic rings. The number of carbonyl (C=O) groups is 1. The van der Waals surface area contributed by atoms with Crippen LogP contribution in [-0.4, -0.2) is 16.9 Å². The number of aryl methyl sites for hydroxylation is 1. The molecule has 0 aliphatic heterocycles. The molecule has 1 atom stereocenters. The van der Waals surface area contributed by atoms with Gasteiger partial charge in [0.1, 0.15) is 0 Å². The number of rotatable bonds is 4. The third-order valence-electron chi connectivity index (χ3n) is 1.78. The number of nitrogens with one attached hydrogen (secondary N) is 1. The summed E-state index contributed by atoms with van der Waals surface area (Å²) >= 11 is 1.55. The minimum atomic E-state index is -0.630. The quantitative estimate of drug-likeness (QED) is 0.727. The molecule has 1 aromatic heterocycles. The maximum atomic E-state index is 11.4. The van der Waals surface area contributed by atoms with Gasteiger partial charge in [0.25, 0.3) is 0 Å². The van der Waals surface area contributed by atoms with Gasteiger partial charge in [-0.05, 0) is 6.92 Å². The van der Waals surface area contributed by atoms with Crippen molar-refractivity contribution in [2.75, 3.05) is 0 Å². The topological polar surface area (TPSA) is 68.0 Å². The van der Waals surface area contributed by atoms with E-state index < -0.39 is 6.04 Å². The largest absolute Gasteiger partial charge is 0.349 e. The van der Waals surface area contributed by atoms with E-state index in [0.29, 0.717) is 6.54 Å². The van der Waals surface area contributed by atoms with Gasteiger partial charge in [0.15, 0.2) is 0 Å². The maximum Gasteiger partial charge on any atom is 0.238 e. The highest BCUT2D eigenvalue weighted by atomic mass is 32.1. The Morgan fingerprint density at radius 3 is 3.13 bits per heavy atom. The lowest BCUT2D eigenvalue weighted by molar-refractivity contribution is -0.122. The molecule has 15 heavy (non-hydrogen) atoms. The van der Waals surface area contributed by atoms with Crippen molar-refractivity contribution in [3.8, 4) is 12.3 Å². The minimum Gasteiger partial charge on any atom is -0.349 e. The molecule has 3 N–H and O–H groups in total. The molecule has 0 spiro atoms. The van der Waals surface area contributed by atoms with Gasteiger partial charge in [-0.3, -0.25) is 4.79 Å². The Morgan fingerprint density at radius 2 is 2.60 bits per heavy atom. The van der Waals surface area contributed by atoms with E-state index in [9.17, 15) is 4.79 Å². The van der Waals surface area contributed by atoms with Gasteiger partial charge in [0, 0.05) is 11.8 Å². The average Bonchev–Trinajstić information content (AvgIpc) is 2.61. The van der Waals surface area contributed by atoms with Crippen molar-refractivity contribution in [1.82, 2.24) is 10.3 Å². The molecular formula is C10H13N3OS. The molecule has 0 saturated carbocycles. The zero-order chi connectivity index (χ0) is 11.3. The van der Waals surface area contributed by atoms with Gasteiger partial charge < -0.3 is 11.1 Å². The number of terminal acetylenes is 1. The van der Waals surface area contributed by atoms with E-state index in [1.807, 2.05) is 12.3 Å². The molecular weight excluding hydrogens is 210 g/mol. The Bertz CT molecular complexity index is 380. The van der Waals surface area contributed by atoms with Crippen molar-refractivity contribution in [2.24, 2.45) is 5.73 Å². The first-order valence-electron chi connectivity index (χ1n) is 4.51. The van der Waals surface area contributed by atoms with Crippen molar-refractivity contribution in [1.29, 1.82) is 0 Å². The summed E-state index contributed by atoms with van der Waals surface area (Å²) in [4.78, 5) is 15.6. The fourth-order valence-electron chi connectivity index (χ4n) is 1.02. The van der Waals surface area contributed by atoms with Crippen molar-refractivity contribution >= 4 is 17.2 Å². The van der Waals surface area contributed by atoms with Gasteiger partial charge in [-0.25, -0.2) is 4.98 Å². The Morgan fingerprint density at radius 1 is 1.87 bits per heavy atom. The predicted molar refractivity (Wildman–Crippen MR) is 60.1 cm³/mol. The lowest BCUT2D eigenvalue weighted by Crippen LogP contribution is -2.39. The number of nitrogens with zero attached hydrogens (tertiary/aromatic N) is 1. The fourth-order valence-corrected chi connectivity index (χ4v) is 1.63. The number of aromatic nitrogens is 1. The van der Waals surface area contributed by atoms with Crippen LogP contribution >= 0.6 is 11.3 Å². The number of amides is 1. The molecule has 0 bridgehead atoms. The molecule has 0 aliphatic carbocycles. The molecule has 0 aromatic carbocycles. The zero-order valence-corrected chi connectivity index (χ0v) is 9.30. The van der Waals surface area contributed by atoms with Crippen LogP contribution in [0.3, 0.4) is 0 Å². The molecule has 0 saturated heterocycles. The first kappa shape index (κ1) is 11.7. The van der Waals surface area contributed by atoms with Gasteiger partial charge in [-0.2, -0.15) is 0 Å². The summed E-state index contributed by atoms with van der Waals surface area (Å²) in [6.45, 7) is 2.32. The van der Waals surface area contributed by atoms with E-state index in [4.69, 9.17) is 12.2 Å². The number of nitrogens with two attached hydrogens (primary N) is 1. The molecule has 1 rings (SSSR count). The number of hydrogen-bond donors (Lipinski definition) is 2. The van der Waals surface area contributed by atoms with Crippen molar-refractivity contribution in [2.45, 2.75) is 25.9 Å². The highest BCUT2D eigenvalue weighted by Crippen LogP contribution is 2.07. The SMILES string of the molecule is C#CCC(N)C(=O)NCc1csc(C)n1. The van der Waals surface area contributed by atoms with Crippen LogP contribution in [0.5, 0.6) is 0 Å².